The van der Waals surface area contributed by atoms with Crippen molar-refractivity contribution < 1.29 is 18.0 Å². The fraction of sp³-hybridized carbons (Fsp3) is 0.286. The first-order valence-electron chi connectivity index (χ1n) is 12.3. The van der Waals surface area contributed by atoms with Gasteiger partial charge in [0.15, 0.2) is 0 Å². The van der Waals surface area contributed by atoms with Gasteiger partial charge in [0.25, 0.3) is 10.0 Å². The van der Waals surface area contributed by atoms with Gasteiger partial charge in [0, 0.05) is 33.7 Å². The molecular formula is C28H30Cl3N3O4S. The highest BCUT2D eigenvalue weighted by Gasteiger charge is 2.33. The Morgan fingerprint density at radius 3 is 2.10 bits per heavy atom. The summed E-state index contributed by atoms with van der Waals surface area (Å²) in [5.41, 5.74) is 1.18. The molecule has 0 aromatic heterocycles. The number of carbonyl (C=O) groups excluding carboxylic acids is 2. The molecule has 0 aliphatic carbocycles. The molecule has 0 heterocycles. The second-order valence-electron chi connectivity index (χ2n) is 8.90. The van der Waals surface area contributed by atoms with Crippen molar-refractivity contribution in [1.29, 1.82) is 0 Å². The highest BCUT2D eigenvalue weighted by atomic mass is 35.5. The number of sulfonamides is 1. The zero-order valence-electron chi connectivity index (χ0n) is 21.8. The number of carbonyl (C=O) groups is 2. The van der Waals surface area contributed by atoms with Gasteiger partial charge in [-0.3, -0.25) is 13.9 Å². The van der Waals surface area contributed by atoms with E-state index in [1.54, 1.807) is 68.4 Å². The van der Waals surface area contributed by atoms with Crippen molar-refractivity contribution in [2.75, 3.05) is 17.4 Å². The zero-order valence-corrected chi connectivity index (χ0v) is 24.9. The van der Waals surface area contributed by atoms with E-state index in [-0.39, 0.29) is 23.0 Å². The van der Waals surface area contributed by atoms with Gasteiger partial charge in [-0.15, -0.1) is 0 Å². The Morgan fingerprint density at radius 1 is 0.897 bits per heavy atom. The van der Waals surface area contributed by atoms with Crippen LogP contribution in [0.5, 0.6) is 0 Å². The monoisotopic (exact) mass is 609 g/mol. The number of benzene rings is 3. The average Bonchev–Trinajstić information content (AvgIpc) is 2.92. The number of nitrogens with zero attached hydrogens (tertiary/aromatic N) is 2. The molecule has 0 aliphatic heterocycles. The van der Waals surface area contributed by atoms with Crippen molar-refractivity contribution in [3.63, 3.8) is 0 Å². The van der Waals surface area contributed by atoms with Crippen molar-refractivity contribution >= 4 is 62.3 Å². The van der Waals surface area contributed by atoms with E-state index in [1.165, 1.54) is 17.0 Å². The Hall–Kier alpha value is -2.78. The Morgan fingerprint density at radius 2 is 1.49 bits per heavy atom. The first-order chi connectivity index (χ1) is 18.5. The van der Waals surface area contributed by atoms with Crippen LogP contribution in [-0.4, -0.2) is 44.3 Å². The maximum Gasteiger partial charge on any atom is 0.264 e. The van der Waals surface area contributed by atoms with Crippen LogP contribution >= 0.6 is 34.8 Å². The molecule has 0 spiro atoms. The van der Waals surface area contributed by atoms with Crippen LogP contribution in [-0.2, 0) is 26.2 Å². The summed E-state index contributed by atoms with van der Waals surface area (Å²) in [7, 11) is -4.20. The van der Waals surface area contributed by atoms with Crippen molar-refractivity contribution in [1.82, 2.24) is 10.2 Å². The fourth-order valence-corrected chi connectivity index (χ4v) is 6.11. The molecule has 2 amide bonds. The van der Waals surface area contributed by atoms with Crippen molar-refractivity contribution in [2.24, 2.45) is 0 Å². The van der Waals surface area contributed by atoms with Crippen LogP contribution in [0.25, 0.3) is 0 Å². The van der Waals surface area contributed by atoms with Gasteiger partial charge in [0.1, 0.15) is 12.6 Å². The van der Waals surface area contributed by atoms with Crippen LogP contribution in [0, 0.1) is 6.92 Å². The zero-order chi connectivity index (χ0) is 28.7. The van der Waals surface area contributed by atoms with Gasteiger partial charge in [-0.1, -0.05) is 72.1 Å². The third kappa shape index (κ3) is 7.25. The van der Waals surface area contributed by atoms with Crippen LogP contribution in [0.1, 0.15) is 31.4 Å². The molecule has 3 aromatic carbocycles. The summed E-state index contributed by atoms with van der Waals surface area (Å²) in [5.74, 6) is -1.01. The lowest BCUT2D eigenvalue weighted by atomic mass is 10.1. The van der Waals surface area contributed by atoms with E-state index in [9.17, 15) is 18.0 Å². The van der Waals surface area contributed by atoms with E-state index in [0.29, 0.717) is 39.2 Å². The molecule has 0 fully saturated rings. The van der Waals surface area contributed by atoms with Gasteiger partial charge in [0.2, 0.25) is 11.8 Å². The van der Waals surface area contributed by atoms with Gasteiger partial charge in [-0.25, -0.2) is 8.42 Å². The normalized spacial score (nSPS) is 12.1. The summed E-state index contributed by atoms with van der Waals surface area (Å²) >= 11 is 19.1. The van der Waals surface area contributed by atoms with Gasteiger partial charge in [0.05, 0.1) is 10.6 Å². The molecule has 208 valence electrons. The Balaban J connectivity index is 2.09. The number of halogens is 3. The number of nitrogens with one attached hydrogen (secondary N) is 1. The first kappa shape index (κ1) is 30.8. The molecule has 1 N–H and O–H groups in total. The Bertz CT molecular complexity index is 1410. The average molecular weight is 611 g/mol. The highest BCUT2D eigenvalue weighted by molar-refractivity contribution is 7.92. The SMILES string of the molecule is CCCNC(=O)[C@@H](C)N(Cc1c(Cl)cccc1Cl)C(=O)CN(c1cccc(Cl)c1C)S(=O)(=O)c1ccccc1. The molecule has 1 atom stereocenters. The quantitative estimate of drug-likeness (QED) is 0.285. The summed E-state index contributed by atoms with van der Waals surface area (Å²) in [4.78, 5) is 28.2. The molecule has 11 heteroatoms. The summed E-state index contributed by atoms with van der Waals surface area (Å²) in [6, 6.07) is 16.6. The standard InChI is InChI=1S/C28H30Cl3N3O4S/c1-4-16-32-28(36)20(3)33(17-22-24(30)13-8-14-25(22)31)27(35)18-34(26-15-9-12-23(29)19(26)2)39(37,38)21-10-6-5-7-11-21/h5-15,20H,4,16-18H2,1-3H3,(H,32,36)/t20-/m1/s1. The first-order valence-corrected chi connectivity index (χ1v) is 14.9. The lowest BCUT2D eigenvalue weighted by Crippen LogP contribution is -2.51. The number of rotatable bonds is 11. The van der Waals surface area contributed by atoms with Crippen LogP contribution in [0.3, 0.4) is 0 Å². The summed E-state index contributed by atoms with van der Waals surface area (Å²) in [5, 5.41) is 3.78. The topological polar surface area (TPSA) is 86.8 Å². The molecule has 0 saturated carbocycles. The molecule has 39 heavy (non-hydrogen) atoms. The molecule has 0 bridgehead atoms. The number of hydrogen-bond donors (Lipinski definition) is 1. The molecule has 3 rings (SSSR count). The maximum atomic E-state index is 14.0. The lowest BCUT2D eigenvalue weighted by molar-refractivity contribution is -0.139. The van der Waals surface area contributed by atoms with E-state index in [0.717, 1.165) is 4.31 Å². The molecule has 0 unspecified atom stereocenters. The van der Waals surface area contributed by atoms with E-state index >= 15 is 0 Å². The third-order valence-electron chi connectivity index (χ3n) is 6.22. The largest absolute Gasteiger partial charge is 0.354 e. The molecule has 0 aliphatic rings. The fourth-order valence-electron chi connectivity index (χ4n) is 3.93. The van der Waals surface area contributed by atoms with Gasteiger partial charge >= 0.3 is 0 Å². The minimum Gasteiger partial charge on any atom is -0.354 e. The van der Waals surface area contributed by atoms with E-state index in [2.05, 4.69) is 5.32 Å². The molecule has 0 saturated heterocycles. The second-order valence-corrected chi connectivity index (χ2v) is 12.0. The van der Waals surface area contributed by atoms with Crippen LogP contribution in [0.4, 0.5) is 5.69 Å². The number of hydrogen-bond acceptors (Lipinski definition) is 4. The van der Waals surface area contributed by atoms with Crippen LogP contribution in [0.15, 0.2) is 71.6 Å². The second kappa shape index (κ2) is 13.5. The number of anilines is 1. The smallest absolute Gasteiger partial charge is 0.264 e. The van der Waals surface area contributed by atoms with E-state index < -0.39 is 28.5 Å². The van der Waals surface area contributed by atoms with E-state index in [1.807, 2.05) is 6.92 Å². The van der Waals surface area contributed by atoms with Gasteiger partial charge < -0.3 is 10.2 Å². The molecule has 0 radical (unpaired) electrons. The minimum atomic E-state index is -4.20. The van der Waals surface area contributed by atoms with Crippen LogP contribution < -0.4 is 9.62 Å². The van der Waals surface area contributed by atoms with Gasteiger partial charge in [-0.05, 0) is 62.2 Å². The minimum absolute atomic E-state index is 0.00612. The van der Waals surface area contributed by atoms with E-state index in [4.69, 9.17) is 34.8 Å². The summed E-state index contributed by atoms with van der Waals surface area (Å²) in [6.45, 7) is 4.90. The van der Waals surface area contributed by atoms with Crippen molar-refractivity contribution in [3.05, 3.63) is 92.9 Å². The van der Waals surface area contributed by atoms with Gasteiger partial charge in [-0.2, -0.15) is 0 Å². The third-order valence-corrected chi connectivity index (χ3v) is 9.12. The Kier molecular flexibility index (Phi) is 10.7. The highest BCUT2D eigenvalue weighted by Crippen LogP contribution is 2.32. The van der Waals surface area contributed by atoms with Crippen LogP contribution in [0.2, 0.25) is 15.1 Å². The van der Waals surface area contributed by atoms with Crippen molar-refractivity contribution in [2.45, 2.75) is 44.7 Å². The number of amides is 2. The molecule has 7 nitrogen and oxygen atoms in total. The summed E-state index contributed by atoms with van der Waals surface area (Å²) < 4.78 is 28.7. The predicted octanol–water partition coefficient (Wildman–Crippen LogP) is 6.09. The predicted molar refractivity (Wildman–Crippen MR) is 157 cm³/mol. The molecule has 3 aromatic rings. The summed E-state index contributed by atoms with van der Waals surface area (Å²) in [6.07, 6.45) is 0.708. The Labute approximate surface area is 244 Å². The van der Waals surface area contributed by atoms with Crippen molar-refractivity contribution in [3.8, 4) is 0 Å². The maximum absolute atomic E-state index is 14.0. The lowest BCUT2D eigenvalue weighted by Gasteiger charge is -2.32. The molecular weight excluding hydrogens is 581 g/mol.